The lowest BCUT2D eigenvalue weighted by molar-refractivity contribution is 0.294. The molecule has 2 heterocycles. The van der Waals surface area contributed by atoms with Crippen molar-refractivity contribution in [3.63, 3.8) is 0 Å². The molecule has 2 rings (SSSR count). The van der Waals surface area contributed by atoms with Crippen molar-refractivity contribution in [3.8, 4) is 6.07 Å². The SMILES string of the molecule is CCCN1CCCN(c2nnc(C)c(C)c2C#N)CC1. The zero-order valence-corrected chi connectivity index (χ0v) is 12.7. The standard InChI is InChI=1S/C15H23N5/c1-4-6-19-7-5-8-20(10-9-19)15-14(11-16)12(2)13(3)17-18-15/h4-10H2,1-3H3. The monoisotopic (exact) mass is 273 g/mol. The average molecular weight is 273 g/mol. The van der Waals surface area contributed by atoms with Gasteiger partial charge in [0.15, 0.2) is 5.82 Å². The van der Waals surface area contributed by atoms with Gasteiger partial charge in [0.1, 0.15) is 11.6 Å². The fourth-order valence-corrected chi connectivity index (χ4v) is 2.67. The Morgan fingerprint density at radius 1 is 1.15 bits per heavy atom. The number of aromatic nitrogens is 2. The van der Waals surface area contributed by atoms with Crippen LogP contribution in [0.2, 0.25) is 0 Å². The third-order valence-corrected chi connectivity index (χ3v) is 3.98. The van der Waals surface area contributed by atoms with Crippen LogP contribution in [0.1, 0.15) is 36.6 Å². The predicted molar refractivity (Wildman–Crippen MR) is 79.8 cm³/mol. The van der Waals surface area contributed by atoms with Crippen LogP contribution in [-0.2, 0) is 0 Å². The highest BCUT2D eigenvalue weighted by molar-refractivity contribution is 5.57. The van der Waals surface area contributed by atoms with Crippen LogP contribution in [0.5, 0.6) is 0 Å². The summed E-state index contributed by atoms with van der Waals surface area (Å²) in [5.41, 5.74) is 2.47. The summed E-state index contributed by atoms with van der Waals surface area (Å²) in [6, 6.07) is 2.30. The molecule has 0 bridgehead atoms. The van der Waals surface area contributed by atoms with Gasteiger partial charge in [-0.15, -0.1) is 5.10 Å². The summed E-state index contributed by atoms with van der Waals surface area (Å²) in [7, 11) is 0. The first-order valence-corrected chi connectivity index (χ1v) is 7.38. The lowest BCUT2D eigenvalue weighted by Gasteiger charge is -2.23. The van der Waals surface area contributed by atoms with Gasteiger partial charge >= 0.3 is 0 Å². The van der Waals surface area contributed by atoms with E-state index in [1.807, 2.05) is 13.8 Å². The first-order valence-electron chi connectivity index (χ1n) is 7.38. The first-order chi connectivity index (χ1) is 9.67. The molecule has 1 fully saturated rings. The normalized spacial score (nSPS) is 16.8. The molecule has 20 heavy (non-hydrogen) atoms. The fraction of sp³-hybridized carbons (Fsp3) is 0.667. The van der Waals surface area contributed by atoms with Crippen molar-refractivity contribution in [1.82, 2.24) is 15.1 Å². The maximum atomic E-state index is 9.41. The van der Waals surface area contributed by atoms with Crippen LogP contribution in [0.25, 0.3) is 0 Å². The van der Waals surface area contributed by atoms with Gasteiger partial charge in [-0.2, -0.15) is 10.4 Å². The second-order valence-electron chi connectivity index (χ2n) is 5.40. The molecule has 0 amide bonds. The largest absolute Gasteiger partial charge is 0.353 e. The van der Waals surface area contributed by atoms with Crippen LogP contribution in [0, 0.1) is 25.2 Å². The minimum atomic E-state index is 0.682. The first kappa shape index (κ1) is 14.7. The van der Waals surface area contributed by atoms with Gasteiger partial charge in [-0.05, 0) is 45.3 Å². The van der Waals surface area contributed by atoms with E-state index in [2.05, 4.69) is 33.0 Å². The Morgan fingerprint density at radius 2 is 1.95 bits per heavy atom. The van der Waals surface area contributed by atoms with Crippen LogP contribution in [0.4, 0.5) is 5.82 Å². The van der Waals surface area contributed by atoms with E-state index < -0.39 is 0 Å². The lowest BCUT2D eigenvalue weighted by atomic mass is 10.1. The van der Waals surface area contributed by atoms with Gasteiger partial charge in [-0.3, -0.25) is 0 Å². The Labute approximate surface area is 121 Å². The molecule has 0 N–H and O–H groups in total. The molecule has 108 valence electrons. The van der Waals surface area contributed by atoms with Crippen molar-refractivity contribution in [2.75, 3.05) is 37.6 Å². The molecule has 0 aromatic carbocycles. The molecule has 0 spiro atoms. The van der Waals surface area contributed by atoms with Gasteiger partial charge in [-0.1, -0.05) is 6.92 Å². The molecule has 1 aliphatic rings. The van der Waals surface area contributed by atoms with E-state index in [0.29, 0.717) is 5.56 Å². The number of aryl methyl sites for hydroxylation is 1. The van der Waals surface area contributed by atoms with Crippen molar-refractivity contribution in [3.05, 3.63) is 16.8 Å². The molecule has 0 radical (unpaired) electrons. The second-order valence-corrected chi connectivity index (χ2v) is 5.40. The molecule has 0 atom stereocenters. The summed E-state index contributed by atoms with van der Waals surface area (Å²) in [4.78, 5) is 4.70. The summed E-state index contributed by atoms with van der Waals surface area (Å²) < 4.78 is 0. The Bertz CT molecular complexity index is 506. The molecule has 1 saturated heterocycles. The van der Waals surface area contributed by atoms with Crippen LogP contribution in [0.3, 0.4) is 0 Å². The number of nitrogens with zero attached hydrogens (tertiary/aromatic N) is 5. The van der Waals surface area contributed by atoms with Gasteiger partial charge in [0.25, 0.3) is 0 Å². The third-order valence-electron chi connectivity index (χ3n) is 3.98. The topological polar surface area (TPSA) is 56.1 Å². The van der Waals surface area contributed by atoms with Crippen molar-refractivity contribution in [2.45, 2.75) is 33.6 Å². The van der Waals surface area contributed by atoms with Crippen molar-refractivity contribution >= 4 is 5.82 Å². The quantitative estimate of drug-likeness (QED) is 0.841. The molecule has 5 nitrogen and oxygen atoms in total. The van der Waals surface area contributed by atoms with Crippen molar-refractivity contribution < 1.29 is 0 Å². The van der Waals surface area contributed by atoms with Crippen LogP contribution in [0.15, 0.2) is 0 Å². The van der Waals surface area contributed by atoms with Crippen LogP contribution in [-0.4, -0.2) is 47.8 Å². The van der Waals surface area contributed by atoms with Gasteiger partial charge in [0.2, 0.25) is 0 Å². The highest BCUT2D eigenvalue weighted by atomic mass is 15.3. The fourth-order valence-electron chi connectivity index (χ4n) is 2.67. The highest BCUT2D eigenvalue weighted by Crippen LogP contribution is 2.22. The van der Waals surface area contributed by atoms with E-state index in [1.165, 1.54) is 6.42 Å². The summed E-state index contributed by atoms with van der Waals surface area (Å²) in [5.74, 6) is 0.758. The summed E-state index contributed by atoms with van der Waals surface area (Å²) in [5, 5.41) is 17.9. The summed E-state index contributed by atoms with van der Waals surface area (Å²) >= 11 is 0. The number of hydrogen-bond donors (Lipinski definition) is 0. The van der Waals surface area contributed by atoms with E-state index >= 15 is 0 Å². The van der Waals surface area contributed by atoms with E-state index in [1.54, 1.807) is 0 Å². The molecule has 1 aromatic heterocycles. The summed E-state index contributed by atoms with van der Waals surface area (Å²) in [6.45, 7) is 11.3. The minimum Gasteiger partial charge on any atom is -0.353 e. The average Bonchev–Trinajstić information content (AvgIpc) is 2.68. The van der Waals surface area contributed by atoms with Gasteiger partial charge < -0.3 is 9.80 Å². The number of anilines is 1. The molecule has 5 heteroatoms. The maximum absolute atomic E-state index is 9.41. The second kappa shape index (κ2) is 6.67. The summed E-state index contributed by atoms with van der Waals surface area (Å²) in [6.07, 6.45) is 2.30. The van der Waals surface area contributed by atoms with Crippen LogP contribution >= 0.6 is 0 Å². The Morgan fingerprint density at radius 3 is 2.65 bits per heavy atom. The molecule has 1 aromatic rings. The van der Waals surface area contributed by atoms with Gasteiger partial charge in [-0.25, -0.2) is 0 Å². The van der Waals surface area contributed by atoms with Gasteiger partial charge in [0, 0.05) is 19.6 Å². The minimum absolute atomic E-state index is 0.682. The van der Waals surface area contributed by atoms with E-state index in [-0.39, 0.29) is 0 Å². The Kier molecular flexibility index (Phi) is 4.91. The lowest BCUT2D eigenvalue weighted by Crippen LogP contribution is -2.32. The van der Waals surface area contributed by atoms with E-state index in [9.17, 15) is 5.26 Å². The Hall–Kier alpha value is -1.67. The predicted octanol–water partition coefficient (Wildman–Crippen LogP) is 1.89. The number of nitriles is 1. The molecule has 1 aliphatic heterocycles. The van der Waals surface area contributed by atoms with Gasteiger partial charge in [0.05, 0.1) is 5.69 Å². The smallest absolute Gasteiger partial charge is 0.169 e. The molecule has 0 unspecified atom stereocenters. The maximum Gasteiger partial charge on any atom is 0.169 e. The molecular formula is C15H23N5. The highest BCUT2D eigenvalue weighted by Gasteiger charge is 2.20. The van der Waals surface area contributed by atoms with Crippen LogP contribution < -0.4 is 4.90 Å². The number of hydrogen-bond acceptors (Lipinski definition) is 5. The number of rotatable bonds is 3. The van der Waals surface area contributed by atoms with E-state index in [4.69, 9.17) is 0 Å². The molecule has 0 saturated carbocycles. The van der Waals surface area contributed by atoms with E-state index in [0.717, 1.165) is 56.2 Å². The molecule has 0 aliphatic carbocycles. The zero-order valence-electron chi connectivity index (χ0n) is 12.7. The zero-order chi connectivity index (χ0) is 14.5. The molecular weight excluding hydrogens is 250 g/mol. The van der Waals surface area contributed by atoms with Crippen molar-refractivity contribution in [2.24, 2.45) is 0 Å². The third kappa shape index (κ3) is 3.07. The Balaban J connectivity index is 2.20. The van der Waals surface area contributed by atoms with Crippen molar-refractivity contribution in [1.29, 1.82) is 5.26 Å².